The summed E-state index contributed by atoms with van der Waals surface area (Å²) < 4.78 is 26.9. The molecule has 1 aromatic carbocycles. The molecule has 2 atom stereocenters. The van der Waals surface area contributed by atoms with Gasteiger partial charge in [0.15, 0.2) is 0 Å². The van der Waals surface area contributed by atoms with Crippen LogP contribution in [0.15, 0.2) is 23.1 Å². The maximum Gasteiger partial charge on any atom is 0.257 e. The number of carbonyl (C=O) groups is 2. The molecule has 162 valence electrons. The highest BCUT2D eigenvalue weighted by molar-refractivity contribution is 7.89. The van der Waals surface area contributed by atoms with Crippen molar-refractivity contribution in [1.29, 1.82) is 0 Å². The molecule has 0 aromatic heterocycles. The van der Waals surface area contributed by atoms with E-state index in [0.717, 1.165) is 0 Å². The Bertz CT molecular complexity index is 917. The van der Waals surface area contributed by atoms with Crippen LogP contribution >= 0.6 is 23.2 Å². The molecule has 1 N–H and O–H groups in total. The van der Waals surface area contributed by atoms with Crippen LogP contribution < -0.4 is 9.83 Å². The van der Waals surface area contributed by atoms with Crippen molar-refractivity contribution in [3.8, 4) is 0 Å². The van der Waals surface area contributed by atoms with Crippen molar-refractivity contribution in [3.05, 3.63) is 28.2 Å². The molecule has 0 saturated carbocycles. The fraction of sp³-hybridized carbons (Fsp3) is 0.556. The number of amides is 2. The maximum atomic E-state index is 12.6. The zero-order valence-electron chi connectivity index (χ0n) is 16.7. The van der Waals surface area contributed by atoms with E-state index in [4.69, 9.17) is 23.2 Å². The number of rotatable bonds is 4. The van der Waals surface area contributed by atoms with E-state index < -0.39 is 40.1 Å². The largest absolute Gasteiger partial charge is 0.498 e. The molecule has 1 heterocycles. The molecule has 2 amide bonds. The molecule has 8 nitrogen and oxygen atoms in total. The summed E-state index contributed by atoms with van der Waals surface area (Å²) in [4.78, 5) is 25.8. The molecule has 1 unspecified atom stereocenters. The quantitative estimate of drug-likeness (QED) is 0.677. The number of halogens is 2. The Labute approximate surface area is 181 Å². The number of nitrogens with zero attached hydrogens (tertiary/aromatic N) is 2. The van der Waals surface area contributed by atoms with Gasteiger partial charge in [0.05, 0.1) is 29.7 Å². The minimum absolute atomic E-state index is 0.0509. The van der Waals surface area contributed by atoms with Crippen molar-refractivity contribution in [2.75, 3.05) is 26.2 Å². The van der Waals surface area contributed by atoms with Crippen molar-refractivity contribution in [2.45, 2.75) is 44.2 Å². The van der Waals surface area contributed by atoms with Crippen LogP contribution in [-0.4, -0.2) is 67.6 Å². The lowest BCUT2D eigenvalue weighted by atomic mass is 9.97. The van der Waals surface area contributed by atoms with Crippen LogP contribution in [0.5, 0.6) is 0 Å². The highest BCUT2D eigenvalue weighted by Crippen LogP contribution is 2.29. The number of quaternary nitrogens is 1. The summed E-state index contributed by atoms with van der Waals surface area (Å²) in [5, 5.41) is 12.1. The lowest BCUT2D eigenvalue weighted by Crippen LogP contribution is -2.75. The second kappa shape index (κ2) is 8.39. The minimum Gasteiger partial charge on any atom is -0.498 e. The molecule has 0 bridgehead atoms. The zero-order chi connectivity index (χ0) is 22.2. The Kier molecular flexibility index (Phi) is 6.91. The van der Waals surface area contributed by atoms with Gasteiger partial charge in [-0.05, 0) is 45.9 Å². The zero-order valence-corrected chi connectivity index (χ0v) is 19.1. The van der Waals surface area contributed by atoms with Crippen LogP contribution in [0, 0.1) is 0 Å². The number of piperazine rings is 1. The van der Waals surface area contributed by atoms with Crippen molar-refractivity contribution >= 4 is 45.2 Å². The van der Waals surface area contributed by atoms with Crippen molar-refractivity contribution in [1.82, 2.24) is 9.62 Å². The van der Waals surface area contributed by atoms with Gasteiger partial charge in [0, 0.05) is 5.02 Å². The maximum absolute atomic E-state index is 12.6. The third-order valence-electron chi connectivity index (χ3n) is 5.38. The van der Waals surface area contributed by atoms with E-state index in [1.165, 1.54) is 23.1 Å². The Hall–Kier alpha value is -1.39. The average Bonchev–Trinajstić information content (AvgIpc) is 2.58. The van der Waals surface area contributed by atoms with E-state index >= 15 is 0 Å². The number of sulfonamides is 1. The van der Waals surface area contributed by atoms with E-state index in [2.05, 4.69) is 4.72 Å². The minimum atomic E-state index is -4.01. The second-order valence-electron chi connectivity index (χ2n) is 8.15. The first-order valence-corrected chi connectivity index (χ1v) is 11.3. The predicted molar refractivity (Wildman–Crippen MR) is 108 cm³/mol. The van der Waals surface area contributed by atoms with Gasteiger partial charge in [0.1, 0.15) is 18.0 Å². The molecular weight excluding hydrogens is 441 g/mol. The summed E-state index contributed by atoms with van der Waals surface area (Å²) in [5.74, 6) is -0.448. The van der Waals surface area contributed by atoms with Crippen LogP contribution in [0.3, 0.4) is 0 Å². The van der Waals surface area contributed by atoms with Gasteiger partial charge in [-0.2, -0.15) is 0 Å². The third kappa shape index (κ3) is 4.86. The lowest BCUT2D eigenvalue weighted by Gasteiger charge is -2.54. The smallest absolute Gasteiger partial charge is 0.257 e. The molecule has 1 aliphatic heterocycles. The van der Waals surface area contributed by atoms with E-state index in [1.807, 2.05) is 20.8 Å². The summed E-state index contributed by atoms with van der Waals surface area (Å²) >= 11 is 11.7. The standard InChI is InChI=1S/C18H25Cl2N3O5S/c1-12-11-23(17(25)26,18(2,3)4)8-7-22(12)16(24)10-21-29(27,28)15-6-5-13(19)9-14(15)20/h5-6,9,12,21H,7-8,10-11H2,1-4H3/t12-,23?/m0/s1. The van der Waals surface area contributed by atoms with E-state index in [-0.39, 0.29) is 34.0 Å². The van der Waals surface area contributed by atoms with Gasteiger partial charge in [-0.25, -0.2) is 13.1 Å². The van der Waals surface area contributed by atoms with Gasteiger partial charge in [-0.3, -0.25) is 9.28 Å². The first-order chi connectivity index (χ1) is 13.2. The molecule has 1 aromatic rings. The highest BCUT2D eigenvalue weighted by atomic mass is 35.5. The summed E-state index contributed by atoms with van der Waals surface area (Å²) in [7, 11) is -4.01. The van der Waals surface area contributed by atoms with Crippen LogP contribution in [0.4, 0.5) is 4.79 Å². The molecule has 1 saturated heterocycles. The Morgan fingerprint density at radius 1 is 1.31 bits per heavy atom. The summed E-state index contributed by atoms with van der Waals surface area (Å²) in [5.41, 5.74) is -0.602. The molecule has 29 heavy (non-hydrogen) atoms. The molecule has 0 aliphatic carbocycles. The number of benzene rings is 1. The fourth-order valence-corrected chi connectivity index (χ4v) is 5.33. The van der Waals surface area contributed by atoms with E-state index in [1.54, 1.807) is 6.92 Å². The first-order valence-electron chi connectivity index (χ1n) is 9.04. The highest BCUT2D eigenvalue weighted by Gasteiger charge is 2.48. The number of carbonyl (C=O) groups excluding carboxylic acids is 2. The Morgan fingerprint density at radius 2 is 1.93 bits per heavy atom. The lowest BCUT2D eigenvalue weighted by molar-refractivity contribution is -0.925. The SMILES string of the molecule is C[C@H]1C[N+](C(=O)[O-])(C(C)(C)C)CCN1C(=O)CNS(=O)(=O)c1ccc(Cl)cc1Cl. The van der Waals surface area contributed by atoms with Gasteiger partial charge in [0.25, 0.3) is 6.09 Å². The van der Waals surface area contributed by atoms with E-state index in [9.17, 15) is 23.1 Å². The van der Waals surface area contributed by atoms with Gasteiger partial charge in [-0.15, -0.1) is 0 Å². The first kappa shape index (κ1) is 23.9. The molecular formula is C18H25Cl2N3O5S. The number of carboxylic acid groups (broad SMARTS) is 1. The monoisotopic (exact) mass is 465 g/mol. The fourth-order valence-electron chi connectivity index (χ4n) is 3.59. The summed E-state index contributed by atoms with van der Waals surface area (Å²) in [6.45, 7) is 7.25. The van der Waals surface area contributed by atoms with Gasteiger partial charge in [-0.1, -0.05) is 23.2 Å². The molecule has 11 heteroatoms. The number of nitrogens with one attached hydrogen (secondary N) is 1. The molecule has 1 fully saturated rings. The Balaban J connectivity index is 2.10. The summed E-state index contributed by atoms with van der Waals surface area (Å²) in [6, 6.07) is 3.55. The summed E-state index contributed by atoms with van der Waals surface area (Å²) in [6.07, 6.45) is -1.19. The van der Waals surface area contributed by atoms with Crippen molar-refractivity contribution in [2.24, 2.45) is 0 Å². The Morgan fingerprint density at radius 3 is 2.41 bits per heavy atom. The molecule has 0 radical (unpaired) electrons. The predicted octanol–water partition coefficient (Wildman–Crippen LogP) is 1.46. The second-order valence-corrected chi connectivity index (χ2v) is 10.7. The number of hydrogen-bond acceptors (Lipinski definition) is 5. The van der Waals surface area contributed by atoms with Gasteiger partial charge in [0.2, 0.25) is 15.9 Å². The third-order valence-corrected chi connectivity index (χ3v) is 7.50. The normalized spacial score (nSPS) is 23.1. The molecule has 2 rings (SSSR count). The number of hydrogen-bond donors (Lipinski definition) is 1. The van der Waals surface area contributed by atoms with Crippen LogP contribution in [-0.2, 0) is 14.8 Å². The van der Waals surface area contributed by atoms with Gasteiger partial charge >= 0.3 is 0 Å². The van der Waals surface area contributed by atoms with Crippen molar-refractivity contribution < 1.29 is 27.6 Å². The molecule has 0 spiro atoms. The van der Waals surface area contributed by atoms with Crippen LogP contribution in [0.25, 0.3) is 0 Å². The van der Waals surface area contributed by atoms with Crippen LogP contribution in [0.1, 0.15) is 27.7 Å². The average molecular weight is 466 g/mol. The topological polar surface area (TPSA) is 107 Å². The van der Waals surface area contributed by atoms with Crippen LogP contribution in [0.2, 0.25) is 10.0 Å². The molecule has 1 aliphatic rings. The van der Waals surface area contributed by atoms with E-state index in [0.29, 0.717) is 5.02 Å². The van der Waals surface area contributed by atoms with Gasteiger partial charge < -0.3 is 14.8 Å². The van der Waals surface area contributed by atoms with Crippen molar-refractivity contribution in [3.63, 3.8) is 0 Å².